The number of carbonyl (C=O) groups excluding carboxylic acids is 2. The molecule has 0 saturated carbocycles. The Morgan fingerprint density at radius 1 is 1.07 bits per heavy atom. The minimum atomic E-state index is 0.750. The highest BCUT2D eigenvalue weighted by molar-refractivity contribution is 5.26. The molecule has 82 valence electrons. The molecule has 5 heteroatoms. The first-order valence-corrected chi connectivity index (χ1v) is 4.31. The summed E-state index contributed by atoms with van der Waals surface area (Å²) in [5.41, 5.74) is 0. The predicted octanol–water partition coefficient (Wildman–Crippen LogP) is 2.02. The fourth-order valence-electron chi connectivity index (χ4n) is 0.673. The molecule has 0 aliphatic carbocycles. The number of nitrogens with one attached hydrogen (secondary N) is 2. The second kappa shape index (κ2) is 29.8. The van der Waals surface area contributed by atoms with Crippen molar-refractivity contribution < 1.29 is 14.3 Å². The number of isocyanates is 2. The molecule has 0 unspecified atom stereocenters. The van der Waals surface area contributed by atoms with Gasteiger partial charge >= 0.3 is 0 Å². The summed E-state index contributed by atoms with van der Waals surface area (Å²) in [5, 5.41) is 10.8. The normalized spacial score (nSPS) is 6.71. The molecule has 0 aliphatic rings. The van der Waals surface area contributed by atoms with Crippen LogP contribution in [-0.4, -0.2) is 25.9 Å². The third kappa shape index (κ3) is 73.2. The van der Waals surface area contributed by atoms with Crippen molar-refractivity contribution in [2.24, 2.45) is 0 Å². The Balaban J connectivity index is -0.000000168. The van der Waals surface area contributed by atoms with Crippen molar-refractivity contribution in [3.63, 3.8) is 0 Å². The van der Waals surface area contributed by atoms with Crippen LogP contribution in [-0.2, 0) is 14.3 Å². The van der Waals surface area contributed by atoms with Gasteiger partial charge in [0.05, 0.1) is 0 Å². The van der Waals surface area contributed by atoms with E-state index in [0.717, 1.165) is 18.8 Å². The highest BCUT2D eigenvalue weighted by Gasteiger charge is 1.83. The van der Waals surface area contributed by atoms with E-state index in [-0.39, 0.29) is 0 Å². The van der Waals surface area contributed by atoms with Gasteiger partial charge in [-0.15, -0.1) is 0 Å². The Hall–Kier alpha value is -1.28. The van der Waals surface area contributed by atoms with Gasteiger partial charge in [0.2, 0.25) is 12.2 Å². The van der Waals surface area contributed by atoms with Gasteiger partial charge in [-0.25, -0.2) is 20.4 Å². The van der Waals surface area contributed by atoms with E-state index in [0.29, 0.717) is 0 Å². The number of rotatable bonds is 5. The lowest BCUT2D eigenvalue weighted by Crippen LogP contribution is -1.86. The van der Waals surface area contributed by atoms with Crippen LogP contribution in [0.2, 0.25) is 0 Å². The van der Waals surface area contributed by atoms with Crippen LogP contribution in [0.5, 0.6) is 0 Å². The molecular weight excluding hydrogens is 184 g/mol. The second-order valence-electron chi connectivity index (χ2n) is 2.26. The maximum absolute atomic E-state index is 8.35. The Kier molecular flexibility index (Phi) is 39.4. The zero-order chi connectivity index (χ0) is 11.7. The van der Waals surface area contributed by atoms with Crippen LogP contribution in [0.15, 0.2) is 0 Å². The van der Waals surface area contributed by atoms with Crippen molar-refractivity contribution in [1.82, 2.24) is 0 Å². The summed E-state index contributed by atoms with van der Waals surface area (Å²) in [5.74, 6) is 0. The van der Waals surface area contributed by atoms with Gasteiger partial charge in [-0.1, -0.05) is 26.2 Å². The first-order chi connectivity index (χ1) is 6.74. The summed E-state index contributed by atoms with van der Waals surface area (Å²) in [6, 6.07) is 0. The van der Waals surface area contributed by atoms with E-state index in [1.54, 1.807) is 7.11 Å². The number of ether oxygens (including phenoxy) is 1. The maximum atomic E-state index is 8.35. The van der Waals surface area contributed by atoms with Crippen molar-refractivity contribution >= 4 is 12.2 Å². The van der Waals surface area contributed by atoms with E-state index in [1.165, 1.54) is 25.7 Å². The lowest BCUT2D eigenvalue weighted by molar-refractivity contribution is 0.192. The molecular formula is C9H18N2O3. The van der Waals surface area contributed by atoms with Crippen LogP contribution in [0.25, 0.3) is 0 Å². The third-order valence-corrected chi connectivity index (χ3v) is 1.20. The van der Waals surface area contributed by atoms with E-state index in [9.17, 15) is 0 Å². The van der Waals surface area contributed by atoms with E-state index in [4.69, 9.17) is 25.1 Å². The maximum Gasteiger partial charge on any atom is 0.231 e. The first kappa shape index (κ1) is 18.5. The minimum Gasteiger partial charge on any atom is -0.385 e. The van der Waals surface area contributed by atoms with E-state index >= 15 is 0 Å². The Bertz CT molecular complexity index is 130. The topological polar surface area (TPSA) is 91.1 Å². The van der Waals surface area contributed by atoms with Crippen LogP contribution in [0.1, 0.15) is 32.6 Å². The monoisotopic (exact) mass is 202 g/mol. The van der Waals surface area contributed by atoms with Gasteiger partial charge in [-0.05, 0) is 6.42 Å². The zero-order valence-corrected chi connectivity index (χ0v) is 8.76. The van der Waals surface area contributed by atoms with Crippen LogP contribution in [0.4, 0.5) is 0 Å². The molecule has 14 heavy (non-hydrogen) atoms. The van der Waals surface area contributed by atoms with Crippen LogP contribution < -0.4 is 0 Å². The molecule has 0 radical (unpaired) electrons. The third-order valence-electron chi connectivity index (χ3n) is 1.20. The molecule has 0 aromatic carbocycles. The van der Waals surface area contributed by atoms with Crippen LogP contribution in [0.3, 0.4) is 0 Å². The lowest BCUT2D eigenvalue weighted by Gasteiger charge is -1.95. The summed E-state index contributed by atoms with van der Waals surface area (Å²) in [6.07, 6.45) is 6.71. The van der Waals surface area contributed by atoms with Gasteiger partial charge in [0.15, 0.2) is 0 Å². The van der Waals surface area contributed by atoms with Gasteiger partial charge < -0.3 is 4.74 Å². The second-order valence-corrected chi connectivity index (χ2v) is 2.26. The van der Waals surface area contributed by atoms with Crippen molar-refractivity contribution in [1.29, 1.82) is 10.8 Å². The summed E-state index contributed by atoms with van der Waals surface area (Å²) in [7, 11) is 1.76. The fourth-order valence-corrected chi connectivity index (χ4v) is 0.673. The van der Waals surface area contributed by atoms with Crippen molar-refractivity contribution in [3.05, 3.63) is 0 Å². The zero-order valence-electron chi connectivity index (χ0n) is 8.76. The number of hydrogen-bond acceptors (Lipinski definition) is 5. The summed E-state index contributed by atoms with van der Waals surface area (Å²) < 4.78 is 4.89. The molecule has 0 aromatic heterocycles. The van der Waals surface area contributed by atoms with E-state index in [1.807, 2.05) is 0 Å². The van der Waals surface area contributed by atoms with Crippen LogP contribution in [0, 0.1) is 10.8 Å². The SMILES string of the molecule is CCCCCCOC.N=C=O.N=C=O. The largest absolute Gasteiger partial charge is 0.385 e. The van der Waals surface area contributed by atoms with Gasteiger partial charge in [-0.3, -0.25) is 0 Å². The van der Waals surface area contributed by atoms with Crippen molar-refractivity contribution in [2.75, 3.05) is 13.7 Å². The molecule has 0 rings (SSSR count). The first-order valence-electron chi connectivity index (χ1n) is 4.31. The van der Waals surface area contributed by atoms with Gasteiger partial charge in [0, 0.05) is 13.7 Å². The average molecular weight is 202 g/mol. The highest BCUT2D eigenvalue weighted by atomic mass is 16.5. The van der Waals surface area contributed by atoms with Crippen molar-refractivity contribution in [3.8, 4) is 0 Å². The molecule has 0 fully saturated rings. The van der Waals surface area contributed by atoms with Gasteiger partial charge in [-0.2, -0.15) is 0 Å². The molecule has 0 amide bonds. The van der Waals surface area contributed by atoms with Gasteiger partial charge in [0.1, 0.15) is 0 Å². The molecule has 5 nitrogen and oxygen atoms in total. The molecule has 0 spiro atoms. The van der Waals surface area contributed by atoms with Crippen LogP contribution >= 0.6 is 0 Å². The molecule has 0 aromatic rings. The number of hydrogen-bond donors (Lipinski definition) is 2. The smallest absolute Gasteiger partial charge is 0.231 e. The van der Waals surface area contributed by atoms with E-state index in [2.05, 4.69) is 6.92 Å². The average Bonchev–Trinajstić information content (AvgIpc) is 2.15. The Morgan fingerprint density at radius 2 is 1.50 bits per heavy atom. The molecule has 0 bridgehead atoms. The number of unbranched alkanes of at least 4 members (excludes halogenated alkanes) is 3. The number of methoxy groups -OCH3 is 1. The molecule has 2 N–H and O–H groups in total. The van der Waals surface area contributed by atoms with E-state index < -0.39 is 0 Å². The Labute approximate surface area is 84.5 Å². The Morgan fingerprint density at radius 3 is 1.79 bits per heavy atom. The molecule has 0 aliphatic heterocycles. The summed E-state index contributed by atoms with van der Waals surface area (Å²) in [4.78, 5) is 16.7. The molecule has 0 saturated heterocycles. The van der Waals surface area contributed by atoms with Gasteiger partial charge in [0.25, 0.3) is 0 Å². The summed E-state index contributed by atoms with van der Waals surface area (Å²) >= 11 is 0. The molecule has 0 heterocycles. The standard InChI is InChI=1S/C7H16O.2CHNO/c1-3-4-5-6-7-8-2;2*2-1-3/h3-7H2,1-2H3;2*2H. The van der Waals surface area contributed by atoms with Crippen molar-refractivity contribution in [2.45, 2.75) is 32.6 Å². The quantitative estimate of drug-likeness (QED) is 0.406. The highest BCUT2D eigenvalue weighted by Crippen LogP contribution is 1.97. The predicted molar refractivity (Wildman–Crippen MR) is 52.8 cm³/mol. The lowest BCUT2D eigenvalue weighted by atomic mass is 10.2. The summed E-state index contributed by atoms with van der Waals surface area (Å²) in [6.45, 7) is 3.15. The molecule has 0 atom stereocenters. The fraction of sp³-hybridized carbons (Fsp3) is 0.778. The minimum absolute atomic E-state index is 0.750.